The summed E-state index contributed by atoms with van der Waals surface area (Å²) in [6.45, 7) is 1.76. The van der Waals surface area contributed by atoms with Crippen molar-refractivity contribution in [2.75, 3.05) is 0 Å². The molecule has 0 fully saturated rings. The molecule has 2 aromatic carbocycles. The molecule has 2 rings (SSSR count). The van der Waals surface area contributed by atoms with Crippen molar-refractivity contribution in [1.29, 1.82) is 0 Å². The molecule has 0 atom stereocenters. The summed E-state index contributed by atoms with van der Waals surface area (Å²) >= 11 is 12.0. The lowest BCUT2D eigenvalue weighted by Gasteiger charge is -2.08. The van der Waals surface area contributed by atoms with Gasteiger partial charge < -0.3 is 5.11 Å². The van der Waals surface area contributed by atoms with Crippen LogP contribution in [0.5, 0.6) is 0 Å². The van der Waals surface area contributed by atoms with Crippen molar-refractivity contribution >= 4 is 29.2 Å². The summed E-state index contributed by atoms with van der Waals surface area (Å²) in [6.07, 6.45) is 0. The highest BCUT2D eigenvalue weighted by atomic mass is 35.5. The summed E-state index contributed by atoms with van der Waals surface area (Å²) in [5.41, 5.74) is 2.45. The Morgan fingerprint density at radius 2 is 1.83 bits per heavy atom. The molecule has 4 heteroatoms. The number of hydrogen-bond acceptors (Lipinski definition) is 1. The Kier molecular flexibility index (Phi) is 3.60. The van der Waals surface area contributed by atoms with Gasteiger partial charge in [-0.3, -0.25) is 0 Å². The summed E-state index contributed by atoms with van der Waals surface area (Å²) in [6, 6.07) is 10.3. The van der Waals surface area contributed by atoms with Gasteiger partial charge in [-0.05, 0) is 42.3 Å². The van der Waals surface area contributed by atoms with Crippen molar-refractivity contribution in [3.63, 3.8) is 0 Å². The number of carboxylic acids is 1. The largest absolute Gasteiger partial charge is 0.478 e. The molecule has 18 heavy (non-hydrogen) atoms. The van der Waals surface area contributed by atoms with E-state index in [2.05, 4.69) is 0 Å². The Hall–Kier alpha value is -1.51. The lowest BCUT2D eigenvalue weighted by Crippen LogP contribution is -1.99. The molecule has 0 heterocycles. The van der Waals surface area contributed by atoms with Gasteiger partial charge in [-0.2, -0.15) is 0 Å². The fraction of sp³-hybridized carbons (Fsp3) is 0.0714. The maximum Gasteiger partial charge on any atom is 0.335 e. The van der Waals surface area contributed by atoms with Gasteiger partial charge in [0.05, 0.1) is 5.56 Å². The van der Waals surface area contributed by atoms with E-state index in [1.165, 1.54) is 0 Å². The van der Waals surface area contributed by atoms with Crippen LogP contribution < -0.4 is 0 Å². The molecule has 92 valence electrons. The summed E-state index contributed by atoms with van der Waals surface area (Å²) < 4.78 is 0. The minimum atomic E-state index is -0.951. The number of carboxylic acid groups (broad SMARTS) is 1. The number of halogens is 2. The van der Waals surface area contributed by atoms with Crippen LogP contribution in [0.1, 0.15) is 15.9 Å². The summed E-state index contributed by atoms with van der Waals surface area (Å²) in [5.74, 6) is -0.951. The first-order valence-corrected chi connectivity index (χ1v) is 6.04. The van der Waals surface area contributed by atoms with Crippen LogP contribution in [0.3, 0.4) is 0 Å². The first-order chi connectivity index (χ1) is 8.49. The highest BCUT2D eigenvalue weighted by Gasteiger charge is 2.11. The normalized spacial score (nSPS) is 10.4. The van der Waals surface area contributed by atoms with Crippen LogP contribution >= 0.6 is 23.2 Å². The molecule has 0 unspecified atom stereocenters. The van der Waals surface area contributed by atoms with Crippen LogP contribution in [-0.4, -0.2) is 11.1 Å². The maximum absolute atomic E-state index is 11.1. The van der Waals surface area contributed by atoms with Crippen LogP contribution in [0.25, 0.3) is 11.1 Å². The van der Waals surface area contributed by atoms with Crippen LogP contribution in [-0.2, 0) is 0 Å². The molecule has 0 bridgehead atoms. The molecular weight excluding hydrogens is 271 g/mol. The number of rotatable bonds is 2. The molecule has 0 aromatic heterocycles. The molecule has 2 aromatic rings. The zero-order valence-corrected chi connectivity index (χ0v) is 11.1. The molecule has 0 saturated heterocycles. The Morgan fingerprint density at radius 3 is 2.50 bits per heavy atom. The zero-order chi connectivity index (χ0) is 13.3. The van der Waals surface area contributed by atoms with Crippen molar-refractivity contribution in [3.05, 3.63) is 57.6 Å². The molecule has 0 spiro atoms. The van der Waals surface area contributed by atoms with Crippen LogP contribution in [0.15, 0.2) is 36.4 Å². The monoisotopic (exact) mass is 280 g/mol. The van der Waals surface area contributed by atoms with Gasteiger partial charge in [0, 0.05) is 15.6 Å². The molecule has 0 aliphatic carbocycles. The summed E-state index contributed by atoms with van der Waals surface area (Å²) in [7, 11) is 0. The molecule has 0 amide bonds. The number of hydrogen-bond donors (Lipinski definition) is 1. The fourth-order valence-corrected chi connectivity index (χ4v) is 2.14. The van der Waals surface area contributed by atoms with E-state index in [0.29, 0.717) is 15.6 Å². The molecule has 0 aliphatic rings. The maximum atomic E-state index is 11.1. The third-order valence-corrected chi connectivity index (χ3v) is 3.27. The molecule has 2 nitrogen and oxygen atoms in total. The van der Waals surface area contributed by atoms with E-state index in [-0.39, 0.29) is 5.56 Å². The van der Waals surface area contributed by atoms with Crippen molar-refractivity contribution in [1.82, 2.24) is 0 Å². The van der Waals surface area contributed by atoms with Crippen molar-refractivity contribution < 1.29 is 9.90 Å². The lowest BCUT2D eigenvalue weighted by molar-refractivity contribution is 0.0696. The van der Waals surface area contributed by atoms with Crippen molar-refractivity contribution in [2.24, 2.45) is 0 Å². The third kappa shape index (κ3) is 2.50. The van der Waals surface area contributed by atoms with E-state index < -0.39 is 5.97 Å². The van der Waals surface area contributed by atoms with Gasteiger partial charge in [-0.15, -0.1) is 0 Å². The van der Waals surface area contributed by atoms with Gasteiger partial charge >= 0.3 is 5.97 Å². The molecule has 1 N–H and O–H groups in total. The van der Waals surface area contributed by atoms with Crippen LogP contribution in [0.4, 0.5) is 0 Å². The quantitative estimate of drug-likeness (QED) is 0.868. The standard InChI is InChI=1S/C14H10Cl2O2/c1-8-2-3-9(6-11(8)14(17)18)12-7-10(15)4-5-13(12)16/h2-7H,1H3,(H,17,18). The molecule has 0 saturated carbocycles. The topological polar surface area (TPSA) is 37.3 Å². The van der Waals surface area contributed by atoms with E-state index in [4.69, 9.17) is 28.3 Å². The zero-order valence-electron chi connectivity index (χ0n) is 9.58. The van der Waals surface area contributed by atoms with Gasteiger partial charge in [0.25, 0.3) is 0 Å². The average molecular weight is 281 g/mol. The predicted molar refractivity (Wildman–Crippen MR) is 73.6 cm³/mol. The van der Waals surface area contributed by atoms with E-state index in [1.54, 1.807) is 37.3 Å². The van der Waals surface area contributed by atoms with E-state index in [0.717, 1.165) is 11.1 Å². The summed E-state index contributed by atoms with van der Waals surface area (Å²) in [5, 5.41) is 10.2. The van der Waals surface area contributed by atoms with Crippen LogP contribution in [0.2, 0.25) is 10.0 Å². The van der Waals surface area contributed by atoms with E-state index >= 15 is 0 Å². The van der Waals surface area contributed by atoms with Crippen LogP contribution in [0, 0.1) is 6.92 Å². The Labute approximate surface area is 115 Å². The number of aryl methyl sites for hydroxylation is 1. The Balaban J connectivity index is 2.61. The molecule has 0 radical (unpaired) electrons. The second-order valence-electron chi connectivity index (χ2n) is 3.96. The number of carbonyl (C=O) groups is 1. The van der Waals surface area contributed by atoms with Gasteiger partial charge in [-0.25, -0.2) is 4.79 Å². The average Bonchev–Trinajstić information content (AvgIpc) is 2.33. The van der Waals surface area contributed by atoms with Crippen molar-refractivity contribution in [2.45, 2.75) is 6.92 Å². The first-order valence-electron chi connectivity index (χ1n) is 5.28. The van der Waals surface area contributed by atoms with E-state index in [9.17, 15) is 4.79 Å². The van der Waals surface area contributed by atoms with Gasteiger partial charge in [0.1, 0.15) is 0 Å². The smallest absolute Gasteiger partial charge is 0.335 e. The number of aromatic carboxylic acids is 1. The second kappa shape index (κ2) is 5.01. The second-order valence-corrected chi connectivity index (χ2v) is 4.80. The van der Waals surface area contributed by atoms with E-state index in [1.807, 2.05) is 6.07 Å². The molecular formula is C14H10Cl2O2. The third-order valence-electron chi connectivity index (χ3n) is 2.71. The molecule has 0 aliphatic heterocycles. The van der Waals surface area contributed by atoms with Gasteiger partial charge in [0.2, 0.25) is 0 Å². The minimum Gasteiger partial charge on any atom is -0.478 e. The van der Waals surface area contributed by atoms with Crippen molar-refractivity contribution in [3.8, 4) is 11.1 Å². The Morgan fingerprint density at radius 1 is 1.11 bits per heavy atom. The highest BCUT2D eigenvalue weighted by Crippen LogP contribution is 2.31. The first kappa shape index (κ1) is 12.9. The number of benzene rings is 2. The van der Waals surface area contributed by atoms with Gasteiger partial charge in [0.15, 0.2) is 0 Å². The SMILES string of the molecule is Cc1ccc(-c2cc(Cl)ccc2Cl)cc1C(=O)O. The van der Waals surface area contributed by atoms with Gasteiger partial charge in [-0.1, -0.05) is 35.3 Å². The highest BCUT2D eigenvalue weighted by molar-refractivity contribution is 6.35. The predicted octanol–water partition coefficient (Wildman–Crippen LogP) is 4.67. The Bertz CT molecular complexity index is 621. The lowest BCUT2D eigenvalue weighted by atomic mass is 10.00. The fourth-order valence-electron chi connectivity index (χ4n) is 1.74. The minimum absolute atomic E-state index is 0.267. The summed E-state index contributed by atoms with van der Waals surface area (Å²) in [4.78, 5) is 11.1.